The zero-order valence-electron chi connectivity index (χ0n) is 7.25. The second-order valence-corrected chi connectivity index (χ2v) is 3.78. The number of benzene rings is 1. The summed E-state index contributed by atoms with van der Waals surface area (Å²) in [5, 5.41) is 8.52. The maximum absolute atomic E-state index is 12.4. The second-order valence-electron chi connectivity index (χ2n) is 2.87. The Bertz CT molecular complexity index is 376. The van der Waals surface area contributed by atoms with Gasteiger partial charge < -0.3 is 5.11 Å². The first-order valence-corrected chi connectivity index (χ1v) is 4.66. The van der Waals surface area contributed by atoms with Crippen molar-refractivity contribution < 1.29 is 23.1 Å². The van der Waals surface area contributed by atoms with Crippen LogP contribution in [0.1, 0.15) is 11.5 Å². The minimum atomic E-state index is -4.79. The summed E-state index contributed by atoms with van der Waals surface area (Å²) in [6.07, 6.45) is -4.79. The number of hydrogen-bond acceptors (Lipinski definition) is 1. The fourth-order valence-corrected chi connectivity index (χ4v) is 1.57. The van der Waals surface area contributed by atoms with Crippen LogP contribution in [-0.2, 0) is 4.79 Å². The van der Waals surface area contributed by atoms with Gasteiger partial charge in [0.2, 0.25) is 0 Å². The molecular formula is C9H6BrF3O2. The van der Waals surface area contributed by atoms with E-state index in [1.807, 2.05) is 0 Å². The maximum Gasteiger partial charge on any atom is 0.406 e. The van der Waals surface area contributed by atoms with Crippen molar-refractivity contribution in [3.8, 4) is 0 Å². The van der Waals surface area contributed by atoms with Crippen molar-refractivity contribution >= 4 is 21.9 Å². The highest BCUT2D eigenvalue weighted by Gasteiger charge is 2.46. The summed E-state index contributed by atoms with van der Waals surface area (Å²) in [5.74, 6) is -4.38. The predicted octanol–water partition coefficient (Wildman–Crippen LogP) is 3.18. The van der Waals surface area contributed by atoms with E-state index >= 15 is 0 Å². The molecule has 2 nitrogen and oxygen atoms in total. The van der Waals surface area contributed by atoms with Gasteiger partial charge in [0, 0.05) is 4.47 Å². The third kappa shape index (κ3) is 2.95. The van der Waals surface area contributed by atoms with E-state index in [-0.39, 0.29) is 5.56 Å². The first kappa shape index (κ1) is 12.0. The topological polar surface area (TPSA) is 37.3 Å². The summed E-state index contributed by atoms with van der Waals surface area (Å²) in [5.41, 5.74) is -0.288. The smallest absolute Gasteiger partial charge is 0.406 e. The largest absolute Gasteiger partial charge is 0.481 e. The number of rotatable bonds is 2. The van der Waals surface area contributed by atoms with Crippen LogP contribution in [0.15, 0.2) is 28.7 Å². The van der Waals surface area contributed by atoms with Crippen molar-refractivity contribution in [2.45, 2.75) is 12.1 Å². The van der Waals surface area contributed by atoms with E-state index in [9.17, 15) is 18.0 Å². The normalized spacial score (nSPS) is 13.6. The lowest BCUT2D eigenvalue weighted by atomic mass is 9.99. The minimum absolute atomic E-state index is 0.288. The summed E-state index contributed by atoms with van der Waals surface area (Å²) < 4.78 is 37.6. The highest BCUT2D eigenvalue weighted by molar-refractivity contribution is 9.10. The molecule has 0 amide bonds. The molecule has 82 valence electrons. The van der Waals surface area contributed by atoms with Crippen LogP contribution in [0.2, 0.25) is 0 Å². The van der Waals surface area contributed by atoms with Gasteiger partial charge in [-0.2, -0.15) is 13.2 Å². The molecule has 0 fully saturated rings. The van der Waals surface area contributed by atoms with Gasteiger partial charge in [-0.15, -0.1) is 0 Å². The van der Waals surface area contributed by atoms with Gasteiger partial charge >= 0.3 is 12.1 Å². The van der Waals surface area contributed by atoms with E-state index in [4.69, 9.17) is 5.11 Å². The zero-order chi connectivity index (χ0) is 11.6. The molecule has 1 atom stereocenters. The second kappa shape index (κ2) is 4.22. The molecule has 0 radical (unpaired) electrons. The monoisotopic (exact) mass is 282 g/mol. The number of carbonyl (C=O) groups is 1. The summed E-state index contributed by atoms with van der Waals surface area (Å²) >= 11 is 2.99. The molecule has 0 bridgehead atoms. The van der Waals surface area contributed by atoms with Gasteiger partial charge in [-0.1, -0.05) is 28.1 Å². The molecule has 0 spiro atoms. The highest BCUT2D eigenvalue weighted by atomic mass is 79.9. The highest BCUT2D eigenvalue weighted by Crippen LogP contribution is 2.35. The Hall–Kier alpha value is -1.04. The summed E-state index contributed by atoms with van der Waals surface area (Å²) in [6.45, 7) is 0. The van der Waals surface area contributed by atoms with Crippen LogP contribution in [0.4, 0.5) is 13.2 Å². The zero-order valence-corrected chi connectivity index (χ0v) is 8.84. The Morgan fingerprint density at radius 2 is 2.00 bits per heavy atom. The molecule has 0 aliphatic carbocycles. The summed E-state index contributed by atoms with van der Waals surface area (Å²) in [6, 6.07) is 5.17. The van der Waals surface area contributed by atoms with Gasteiger partial charge in [0.1, 0.15) is 0 Å². The van der Waals surface area contributed by atoms with Gasteiger partial charge in [-0.25, -0.2) is 0 Å². The van der Waals surface area contributed by atoms with E-state index in [1.54, 1.807) is 0 Å². The molecule has 0 aliphatic heterocycles. The van der Waals surface area contributed by atoms with Gasteiger partial charge in [0.05, 0.1) is 0 Å². The lowest BCUT2D eigenvalue weighted by Crippen LogP contribution is -2.28. The van der Waals surface area contributed by atoms with Crippen LogP contribution in [-0.4, -0.2) is 17.3 Å². The molecule has 1 aromatic carbocycles. The van der Waals surface area contributed by atoms with Crippen molar-refractivity contribution in [3.05, 3.63) is 34.3 Å². The Balaban J connectivity index is 3.16. The van der Waals surface area contributed by atoms with E-state index < -0.39 is 18.1 Å². The number of carboxylic acids is 1. The molecule has 0 aromatic heterocycles. The standard InChI is InChI=1S/C9H6BrF3O2/c10-6-3-1-2-5(4-6)7(8(14)15)9(11,12)13/h1-4,7H,(H,14,15). The molecule has 0 saturated heterocycles. The number of alkyl halides is 3. The van der Waals surface area contributed by atoms with Crippen LogP contribution >= 0.6 is 15.9 Å². The quantitative estimate of drug-likeness (QED) is 0.905. The van der Waals surface area contributed by atoms with E-state index in [2.05, 4.69) is 15.9 Å². The molecule has 1 N–H and O–H groups in total. The Morgan fingerprint density at radius 3 is 2.40 bits per heavy atom. The fourth-order valence-electron chi connectivity index (χ4n) is 1.16. The third-order valence-corrected chi connectivity index (χ3v) is 2.25. The van der Waals surface area contributed by atoms with E-state index in [0.29, 0.717) is 4.47 Å². The summed E-state index contributed by atoms with van der Waals surface area (Å²) in [7, 11) is 0. The summed E-state index contributed by atoms with van der Waals surface area (Å²) in [4.78, 5) is 10.5. The molecule has 1 unspecified atom stereocenters. The number of aliphatic carboxylic acids is 1. The number of carboxylic acid groups (broad SMARTS) is 1. The first-order valence-electron chi connectivity index (χ1n) is 3.87. The molecular weight excluding hydrogens is 277 g/mol. The van der Waals surface area contributed by atoms with Crippen molar-refractivity contribution in [2.75, 3.05) is 0 Å². The van der Waals surface area contributed by atoms with Gasteiger partial charge in [0.15, 0.2) is 5.92 Å². The van der Waals surface area contributed by atoms with Gasteiger partial charge in [-0.05, 0) is 17.7 Å². The molecule has 15 heavy (non-hydrogen) atoms. The van der Waals surface area contributed by atoms with Crippen molar-refractivity contribution in [1.29, 1.82) is 0 Å². The fraction of sp³-hybridized carbons (Fsp3) is 0.222. The number of halogens is 4. The molecule has 0 saturated carbocycles. The Morgan fingerprint density at radius 1 is 1.40 bits per heavy atom. The van der Waals surface area contributed by atoms with Crippen molar-refractivity contribution in [1.82, 2.24) is 0 Å². The lowest BCUT2D eigenvalue weighted by Gasteiger charge is -2.16. The van der Waals surface area contributed by atoms with Crippen LogP contribution in [0, 0.1) is 0 Å². The van der Waals surface area contributed by atoms with Crippen molar-refractivity contribution in [2.24, 2.45) is 0 Å². The van der Waals surface area contributed by atoms with Crippen LogP contribution in [0.25, 0.3) is 0 Å². The molecule has 0 heterocycles. The SMILES string of the molecule is O=C(O)C(c1cccc(Br)c1)C(F)(F)F. The average Bonchev–Trinajstić information content (AvgIpc) is 1.99. The maximum atomic E-state index is 12.4. The van der Waals surface area contributed by atoms with E-state index in [1.165, 1.54) is 12.1 Å². The minimum Gasteiger partial charge on any atom is -0.481 e. The van der Waals surface area contributed by atoms with Crippen LogP contribution in [0.5, 0.6) is 0 Å². The van der Waals surface area contributed by atoms with Crippen LogP contribution in [0.3, 0.4) is 0 Å². The van der Waals surface area contributed by atoms with E-state index in [0.717, 1.165) is 12.1 Å². The van der Waals surface area contributed by atoms with Crippen molar-refractivity contribution in [3.63, 3.8) is 0 Å². The number of hydrogen-bond donors (Lipinski definition) is 1. The molecule has 1 aromatic rings. The first-order chi connectivity index (χ1) is 6.82. The molecule has 1 rings (SSSR count). The molecule has 6 heteroatoms. The van der Waals surface area contributed by atoms with Gasteiger partial charge in [-0.3, -0.25) is 4.79 Å². The van der Waals surface area contributed by atoms with Gasteiger partial charge in [0.25, 0.3) is 0 Å². The lowest BCUT2D eigenvalue weighted by molar-refractivity contribution is -0.176. The molecule has 0 aliphatic rings. The average molecular weight is 283 g/mol. The van der Waals surface area contributed by atoms with Crippen LogP contribution < -0.4 is 0 Å². The Labute approximate surface area is 91.8 Å². The predicted molar refractivity (Wildman–Crippen MR) is 50.6 cm³/mol. The Kier molecular flexibility index (Phi) is 3.38. The third-order valence-electron chi connectivity index (χ3n) is 1.76.